The maximum Gasteiger partial charge on any atom is 0.181 e. The molecule has 160 valence electrons. The summed E-state index contributed by atoms with van der Waals surface area (Å²) < 4.78 is 24.7. The SMILES string of the molecule is CC(C)=CCC/C(C)=C/CC/C(C)=C/CC/C(C)=C\CS(=O)(=O)c1ccccc1. The van der Waals surface area contributed by atoms with Gasteiger partial charge < -0.3 is 0 Å². The van der Waals surface area contributed by atoms with Crippen LogP contribution in [0.25, 0.3) is 0 Å². The Balaban J connectivity index is 2.38. The lowest BCUT2D eigenvalue weighted by atomic mass is 10.0. The molecule has 0 aliphatic rings. The molecule has 2 nitrogen and oxygen atoms in total. The van der Waals surface area contributed by atoms with Gasteiger partial charge in [-0.3, -0.25) is 0 Å². The molecule has 0 atom stereocenters. The highest BCUT2D eigenvalue weighted by Gasteiger charge is 2.11. The molecular formula is C26H38O2S. The van der Waals surface area contributed by atoms with Gasteiger partial charge in [-0.25, -0.2) is 8.42 Å². The van der Waals surface area contributed by atoms with Crippen LogP contribution >= 0.6 is 0 Å². The molecule has 0 aliphatic carbocycles. The van der Waals surface area contributed by atoms with Gasteiger partial charge in [-0.15, -0.1) is 0 Å². The van der Waals surface area contributed by atoms with Crippen LogP contribution in [0.2, 0.25) is 0 Å². The molecule has 1 aromatic carbocycles. The fourth-order valence-electron chi connectivity index (χ4n) is 2.96. The summed E-state index contributed by atoms with van der Waals surface area (Å²) in [5, 5.41) is 0. The van der Waals surface area contributed by atoms with Gasteiger partial charge in [0.05, 0.1) is 10.6 Å². The molecule has 0 spiro atoms. The third kappa shape index (κ3) is 11.7. The summed E-state index contributed by atoms with van der Waals surface area (Å²) in [5.41, 5.74) is 5.39. The van der Waals surface area contributed by atoms with Crippen molar-refractivity contribution in [3.8, 4) is 0 Å². The van der Waals surface area contributed by atoms with Crippen LogP contribution in [-0.4, -0.2) is 14.2 Å². The van der Waals surface area contributed by atoms with Crippen molar-refractivity contribution in [1.29, 1.82) is 0 Å². The van der Waals surface area contributed by atoms with E-state index in [9.17, 15) is 8.42 Å². The van der Waals surface area contributed by atoms with E-state index in [2.05, 4.69) is 45.9 Å². The predicted octanol–water partition coefficient (Wildman–Crippen LogP) is 7.61. The molecule has 0 N–H and O–H groups in total. The first-order chi connectivity index (χ1) is 13.7. The van der Waals surface area contributed by atoms with Gasteiger partial charge in [0, 0.05) is 0 Å². The molecule has 0 unspecified atom stereocenters. The van der Waals surface area contributed by atoms with E-state index in [1.807, 2.05) is 19.1 Å². The Morgan fingerprint density at radius 2 is 1.14 bits per heavy atom. The maximum absolute atomic E-state index is 12.3. The molecule has 1 rings (SSSR count). The average Bonchev–Trinajstić information content (AvgIpc) is 2.67. The van der Waals surface area contributed by atoms with Crippen molar-refractivity contribution in [3.63, 3.8) is 0 Å². The highest BCUT2D eigenvalue weighted by Crippen LogP contribution is 2.15. The Kier molecular flexibility index (Phi) is 11.6. The van der Waals surface area contributed by atoms with Crippen LogP contribution in [0.1, 0.15) is 73.1 Å². The minimum Gasteiger partial charge on any atom is -0.223 e. The van der Waals surface area contributed by atoms with Crippen molar-refractivity contribution >= 4 is 9.84 Å². The zero-order valence-corrected chi connectivity index (χ0v) is 19.7. The van der Waals surface area contributed by atoms with E-state index < -0.39 is 9.84 Å². The van der Waals surface area contributed by atoms with Crippen LogP contribution in [-0.2, 0) is 9.84 Å². The van der Waals surface area contributed by atoms with Crippen LogP contribution in [0.4, 0.5) is 0 Å². The quantitative estimate of drug-likeness (QED) is 0.330. The van der Waals surface area contributed by atoms with Gasteiger partial charge in [-0.1, -0.05) is 64.8 Å². The van der Waals surface area contributed by atoms with E-state index in [0.717, 1.165) is 44.1 Å². The summed E-state index contributed by atoms with van der Waals surface area (Å²) in [6.07, 6.45) is 15.1. The van der Waals surface area contributed by atoms with Gasteiger partial charge in [0.1, 0.15) is 0 Å². The van der Waals surface area contributed by atoms with E-state index in [4.69, 9.17) is 0 Å². The molecule has 0 radical (unpaired) electrons. The van der Waals surface area contributed by atoms with Gasteiger partial charge in [0.25, 0.3) is 0 Å². The molecule has 0 aromatic heterocycles. The smallest absolute Gasteiger partial charge is 0.181 e. The first kappa shape index (κ1) is 25.2. The molecule has 0 bridgehead atoms. The minimum atomic E-state index is -3.23. The standard InChI is InChI=1S/C26H38O2S/c1-22(2)12-9-13-23(3)14-10-15-24(4)16-11-17-25(5)20-21-29(27,28)26-18-7-6-8-19-26/h6-8,12,14,16,18-20H,9-11,13,15,17,21H2,1-5H3/b23-14+,24-16+,25-20-. The van der Waals surface area contributed by atoms with Crippen molar-refractivity contribution < 1.29 is 8.42 Å². The van der Waals surface area contributed by atoms with E-state index in [1.165, 1.54) is 16.7 Å². The summed E-state index contributed by atoms with van der Waals surface area (Å²) in [5.74, 6) is 0.0718. The van der Waals surface area contributed by atoms with E-state index in [0.29, 0.717) is 4.90 Å². The molecule has 0 fully saturated rings. The Bertz CT molecular complexity index is 834. The second-order valence-electron chi connectivity index (χ2n) is 8.14. The molecule has 3 heteroatoms. The first-order valence-corrected chi connectivity index (χ1v) is 12.2. The summed E-state index contributed by atoms with van der Waals surface area (Å²) in [4.78, 5) is 0.393. The summed E-state index contributed by atoms with van der Waals surface area (Å²) in [7, 11) is -3.23. The molecule has 0 saturated carbocycles. The van der Waals surface area contributed by atoms with Crippen LogP contribution in [0.15, 0.2) is 81.8 Å². The molecule has 0 aliphatic heterocycles. The third-order valence-corrected chi connectivity index (χ3v) is 6.50. The number of hydrogen-bond acceptors (Lipinski definition) is 2. The number of sulfone groups is 1. The summed E-state index contributed by atoms with van der Waals surface area (Å²) in [6.45, 7) is 10.7. The minimum absolute atomic E-state index is 0.0718. The van der Waals surface area contributed by atoms with E-state index >= 15 is 0 Å². The van der Waals surface area contributed by atoms with Crippen molar-refractivity contribution in [2.24, 2.45) is 0 Å². The Morgan fingerprint density at radius 3 is 1.62 bits per heavy atom. The third-order valence-electron chi connectivity index (χ3n) is 4.91. The Morgan fingerprint density at radius 1 is 0.690 bits per heavy atom. The highest BCUT2D eigenvalue weighted by atomic mass is 32.2. The predicted molar refractivity (Wildman–Crippen MR) is 127 cm³/mol. The van der Waals surface area contributed by atoms with Gasteiger partial charge in [0.15, 0.2) is 9.84 Å². The highest BCUT2D eigenvalue weighted by molar-refractivity contribution is 7.91. The van der Waals surface area contributed by atoms with Crippen molar-refractivity contribution in [1.82, 2.24) is 0 Å². The average molecular weight is 415 g/mol. The number of benzene rings is 1. The first-order valence-electron chi connectivity index (χ1n) is 10.6. The fourth-order valence-corrected chi connectivity index (χ4v) is 4.23. The second-order valence-corrected chi connectivity index (χ2v) is 10.2. The van der Waals surface area contributed by atoms with Crippen molar-refractivity contribution in [2.75, 3.05) is 5.75 Å². The summed E-state index contributed by atoms with van der Waals surface area (Å²) >= 11 is 0. The molecular weight excluding hydrogens is 376 g/mol. The Labute approximate surface area is 179 Å². The van der Waals surface area contributed by atoms with Crippen LogP contribution in [0.3, 0.4) is 0 Å². The lowest BCUT2D eigenvalue weighted by Gasteiger charge is -2.04. The molecule has 0 heterocycles. The fraction of sp³-hybridized carbons (Fsp3) is 0.462. The lowest BCUT2D eigenvalue weighted by Crippen LogP contribution is -2.04. The largest absolute Gasteiger partial charge is 0.223 e. The van der Waals surface area contributed by atoms with Crippen molar-refractivity contribution in [2.45, 2.75) is 78.0 Å². The molecule has 0 saturated heterocycles. The van der Waals surface area contributed by atoms with Crippen molar-refractivity contribution in [3.05, 3.63) is 76.9 Å². The van der Waals surface area contributed by atoms with Crippen LogP contribution in [0, 0.1) is 0 Å². The van der Waals surface area contributed by atoms with Gasteiger partial charge >= 0.3 is 0 Å². The number of rotatable bonds is 12. The zero-order valence-electron chi connectivity index (χ0n) is 18.9. The topological polar surface area (TPSA) is 34.1 Å². The van der Waals surface area contributed by atoms with Crippen LogP contribution < -0.4 is 0 Å². The van der Waals surface area contributed by atoms with E-state index in [-0.39, 0.29) is 5.75 Å². The van der Waals surface area contributed by atoms with Gasteiger partial charge in [-0.05, 0) is 85.3 Å². The second kappa shape index (κ2) is 13.4. The van der Waals surface area contributed by atoms with E-state index in [1.54, 1.807) is 24.3 Å². The van der Waals surface area contributed by atoms with Gasteiger partial charge in [-0.2, -0.15) is 0 Å². The van der Waals surface area contributed by atoms with Gasteiger partial charge in [0.2, 0.25) is 0 Å². The maximum atomic E-state index is 12.3. The number of allylic oxidation sites excluding steroid dienone is 7. The molecule has 0 amide bonds. The normalized spacial score (nSPS) is 13.5. The molecule has 1 aromatic rings. The Hall–Kier alpha value is -1.87. The lowest BCUT2D eigenvalue weighted by molar-refractivity contribution is 0.599. The summed E-state index contributed by atoms with van der Waals surface area (Å²) in [6, 6.07) is 8.66. The van der Waals surface area contributed by atoms with Crippen LogP contribution in [0.5, 0.6) is 0 Å². The monoisotopic (exact) mass is 414 g/mol. The molecule has 29 heavy (non-hydrogen) atoms. The number of hydrogen-bond donors (Lipinski definition) is 0. The zero-order chi connectivity index (χ0) is 21.7.